The van der Waals surface area contributed by atoms with Gasteiger partial charge in [0.05, 0.1) is 7.11 Å². The summed E-state index contributed by atoms with van der Waals surface area (Å²) in [5.41, 5.74) is 4.33. The summed E-state index contributed by atoms with van der Waals surface area (Å²) in [6.07, 6.45) is 0. The summed E-state index contributed by atoms with van der Waals surface area (Å²) in [6, 6.07) is 22.9. The van der Waals surface area contributed by atoms with Gasteiger partial charge in [0.25, 0.3) is 5.91 Å². The number of ether oxygens (including phenoxy) is 1. The SMILES string of the molecule is COc1cccc([C@@H]2CN(Cc3ccc(C)cc3)C[C@@H]2CN(CC(C)C)C(=O)c2ccc(F)cc2)c1. The van der Waals surface area contributed by atoms with E-state index in [0.717, 1.165) is 25.4 Å². The molecule has 0 spiro atoms. The Morgan fingerprint density at radius 2 is 1.78 bits per heavy atom. The van der Waals surface area contributed by atoms with E-state index in [4.69, 9.17) is 4.74 Å². The van der Waals surface area contributed by atoms with Crippen LogP contribution in [0.1, 0.15) is 46.8 Å². The molecular weight excluding hydrogens is 451 g/mol. The minimum atomic E-state index is -0.331. The normalized spacial score (nSPS) is 17.9. The van der Waals surface area contributed by atoms with Crippen LogP contribution >= 0.6 is 0 Å². The smallest absolute Gasteiger partial charge is 0.253 e. The number of hydrogen-bond donors (Lipinski definition) is 0. The fraction of sp³-hybridized carbons (Fsp3) is 0.387. The van der Waals surface area contributed by atoms with Crippen LogP contribution in [0.2, 0.25) is 0 Å². The van der Waals surface area contributed by atoms with E-state index in [1.54, 1.807) is 19.2 Å². The second-order valence-electron chi connectivity index (χ2n) is 10.4. The number of rotatable bonds is 9. The van der Waals surface area contributed by atoms with Crippen molar-refractivity contribution in [2.75, 3.05) is 33.3 Å². The quantitative estimate of drug-likeness (QED) is 0.362. The fourth-order valence-corrected chi connectivity index (χ4v) is 5.22. The number of nitrogens with zero attached hydrogens (tertiary/aromatic N) is 2. The molecule has 3 aromatic rings. The van der Waals surface area contributed by atoms with Gasteiger partial charge in [-0.3, -0.25) is 9.69 Å². The van der Waals surface area contributed by atoms with Gasteiger partial charge in [-0.25, -0.2) is 4.39 Å². The summed E-state index contributed by atoms with van der Waals surface area (Å²) >= 11 is 0. The largest absolute Gasteiger partial charge is 0.497 e. The molecule has 0 N–H and O–H groups in total. The molecule has 3 aromatic carbocycles. The third-order valence-electron chi connectivity index (χ3n) is 6.98. The molecule has 1 amide bonds. The van der Waals surface area contributed by atoms with Crippen LogP contribution < -0.4 is 4.74 Å². The number of amides is 1. The molecule has 1 heterocycles. The number of hydrogen-bond acceptors (Lipinski definition) is 3. The second kappa shape index (κ2) is 11.7. The van der Waals surface area contributed by atoms with E-state index in [0.29, 0.717) is 24.6 Å². The van der Waals surface area contributed by atoms with E-state index >= 15 is 0 Å². The molecule has 0 unspecified atom stereocenters. The zero-order valence-corrected chi connectivity index (χ0v) is 21.8. The van der Waals surface area contributed by atoms with Crippen molar-refractivity contribution in [1.29, 1.82) is 0 Å². The first-order valence-electron chi connectivity index (χ1n) is 12.8. The predicted molar refractivity (Wildman–Crippen MR) is 143 cm³/mol. The molecule has 0 aliphatic carbocycles. The monoisotopic (exact) mass is 488 g/mol. The van der Waals surface area contributed by atoms with Crippen LogP contribution in [-0.2, 0) is 6.54 Å². The molecule has 0 radical (unpaired) electrons. The first-order valence-corrected chi connectivity index (χ1v) is 12.8. The van der Waals surface area contributed by atoms with E-state index in [2.05, 4.69) is 62.1 Å². The van der Waals surface area contributed by atoms with Gasteiger partial charge in [-0.1, -0.05) is 55.8 Å². The standard InChI is InChI=1S/C31H37FN2O2/c1-22(2)17-34(31(35)25-12-14-28(32)15-13-25)20-27-19-33(18-24-10-8-23(3)9-11-24)21-30(27)26-6-5-7-29(16-26)36-4/h5-16,22,27,30H,17-21H2,1-4H3/t27-,30+/m1/s1. The lowest BCUT2D eigenvalue weighted by Crippen LogP contribution is -2.39. The lowest BCUT2D eigenvalue weighted by Gasteiger charge is -2.30. The summed E-state index contributed by atoms with van der Waals surface area (Å²) < 4.78 is 19.0. The molecule has 2 atom stereocenters. The average molecular weight is 489 g/mol. The zero-order valence-electron chi connectivity index (χ0n) is 21.8. The average Bonchev–Trinajstić information content (AvgIpc) is 3.27. The maximum atomic E-state index is 13.5. The highest BCUT2D eigenvalue weighted by Gasteiger charge is 2.36. The summed E-state index contributed by atoms with van der Waals surface area (Å²) in [7, 11) is 1.70. The Bertz CT molecular complexity index is 1140. The third kappa shape index (κ3) is 6.52. The summed E-state index contributed by atoms with van der Waals surface area (Å²) in [5.74, 6) is 1.36. The van der Waals surface area contributed by atoms with Crippen molar-refractivity contribution in [2.45, 2.75) is 33.2 Å². The molecule has 1 fully saturated rings. The first kappa shape index (κ1) is 25.9. The Hall–Kier alpha value is -3.18. The third-order valence-corrected chi connectivity index (χ3v) is 6.98. The van der Waals surface area contributed by atoms with E-state index in [9.17, 15) is 9.18 Å². The minimum Gasteiger partial charge on any atom is -0.497 e. The molecule has 1 aliphatic rings. The zero-order chi connectivity index (χ0) is 25.7. The van der Waals surface area contributed by atoms with Crippen molar-refractivity contribution in [3.63, 3.8) is 0 Å². The Morgan fingerprint density at radius 1 is 1.06 bits per heavy atom. The van der Waals surface area contributed by atoms with Crippen LogP contribution in [0.4, 0.5) is 4.39 Å². The number of methoxy groups -OCH3 is 1. The minimum absolute atomic E-state index is 0.0370. The van der Waals surface area contributed by atoms with Gasteiger partial charge in [-0.2, -0.15) is 0 Å². The fourth-order valence-electron chi connectivity index (χ4n) is 5.22. The van der Waals surface area contributed by atoms with Gasteiger partial charge in [0.1, 0.15) is 11.6 Å². The molecule has 190 valence electrons. The van der Waals surface area contributed by atoms with Crippen LogP contribution in [0.25, 0.3) is 0 Å². The Labute approximate surface area is 214 Å². The van der Waals surface area contributed by atoms with E-state index < -0.39 is 0 Å². The topological polar surface area (TPSA) is 32.8 Å². The van der Waals surface area contributed by atoms with Gasteiger partial charge < -0.3 is 9.64 Å². The van der Waals surface area contributed by atoms with Gasteiger partial charge in [-0.05, 0) is 66.3 Å². The van der Waals surface area contributed by atoms with Crippen molar-refractivity contribution in [3.05, 3.63) is 101 Å². The van der Waals surface area contributed by atoms with E-state index in [-0.39, 0.29) is 23.6 Å². The van der Waals surface area contributed by atoms with Gasteiger partial charge >= 0.3 is 0 Å². The van der Waals surface area contributed by atoms with Crippen molar-refractivity contribution in [1.82, 2.24) is 9.80 Å². The van der Waals surface area contributed by atoms with Gasteiger partial charge in [0.15, 0.2) is 0 Å². The number of benzene rings is 3. The van der Waals surface area contributed by atoms with Crippen LogP contribution in [0.5, 0.6) is 5.75 Å². The lowest BCUT2D eigenvalue weighted by molar-refractivity contribution is 0.0703. The first-order chi connectivity index (χ1) is 17.3. The molecule has 0 saturated carbocycles. The highest BCUT2D eigenvalue weighted by atomic mass is 19.1. The number of carbonyl (C=O) groups excluding carboxylic acids is 1. The van der Waals surface area contributed by atoms with Gasteiger partial charge in [0, 0.05) is 44.2 Å². The molecule has 1 aliphatic heterocycles. The molecule has 0 aromatic heterocycles. The Balaban J connectivity index is 1.59. The van der Waals surface area contributed by atoms with E-state index in [1.165, 1.54) is 28.8 Å². The summed E-state index contributed by atoms with van der Waals surface area (Å²) in [4.78, 5) is 18.0. The molecule has 1 saturated heterocycles. The second-order valence-corrected chi connectivity index (χ2v) is 10.4. The van der Waals surface area contributed by atoms with Crippen molar-refractivity contribution >= 4 is 5.91 Å². The van der Waals surface area contributed by atoms with Crippen molar-refractivity contribution < 1.29 is 13.9 Å². The molecule has 5 heteroatoms. The molecule has 4 nitrogen and oxygen atoms in total. The Kier molecular flexibility index (Phi) is 8.42. The highest BCUT2D eigenvalue weighted by molar-refractivity contribution is 5.94. The van der Waals surface area contributed by atoms with Crippen LogP contribution in [0.3, 0.4) is 0 Å². The number of halogens is 1. The molecule has 36 heavy (non-hydrogen) atoms. The Morgan fingerprint density at radius 3 is 2.44 bits per heavy atom. The number of likely N-dealkylation sites (tertiary alicyclic amines) is 1. The number of carbonyl (C=O) groups is 1. The van der Waals surface area contributed by atoms with Gasteiger partial charge in [-0.15, -0.1) is 0 Å². The van der Waals surface area contributed by atoms with Gasteiger partial charge in [0.2, 0.25) is 0 Å². The maximum Gasteiger partial charge on any atom is 0.253 e. The van der Waals surface area contributed by atoms with E-state index in [1.807, 2.05) is 17.0 Å². The molecule has 0 bridgehead atoms. The maximum absolute atomic E-state index is 13.5. The lowest BCUT2D eigenvalue weighted by atomic mass is 9.88. The number of aryl methyl sites for hydroxylation is 1. The van der Waals surface area contributed by atoms with Crippen LogP contribution in [0, 0.1) is 24.6 Å². The summed E-state index contributed by atoms with van der Waals surface area (Å²) in [5, 5.41) is 0. The van der Waals surface area contributed by atoms with Crippen molar-refractivity contribution in [2.24, 2.45) is 11.8 Å². The highest BCUT2D eigenvalue weighted by Crippen LogP contribution is 2.36. The molecule has 4 rings (SSSR count). The predicted octanol–water partition coefficient (Wildman–Crippen LogP) is 6.16. The molecular formula is C31H37FN2O2. The van der Waals surface area contributed by atoms with Crippen LogP contribution in [-0.4, -0.2) is 49.0 Å². The van der Waals surface area contributed by atoms with Crippen LogP contribution in [0.15, 0.2) is 72.8 Å². The summed E-state index contributed by atoms with van der Waals surface area (Å²) in [6.45, 7) is 10.4. The van der Waals surface area contributed by atoms with Crippen molar-refractivity contribution in [3.8, 4) is 5.75 Å².